The average Bonchev–Trinajstić information content (AvgIpc) is 3.99. The van der Waals surface area contributed by atoms with E-state index in [1.165, 1.54) is 34.8 Å². The van der Waals surface area contributed by atoms with Crippen LogP contribution in [0.1, 0.15) is 94.2 Å². The summed E-state index contributed by atoms with van der Waals surface area (Å²) >= 11 is 0. The zero-order valence-corrected chi connectivity index (χ0v) is 35.6. The number of aryl methyl sites for hydroxylation is 10. The number of hydrogen-bond acceptors (Lipinski definition) is 6. The maximum absolute atomic E-state index is 6.17. The molecule has 3 aliphatic carbocycles. The third kappa shape index (κ3) is 9.74. The molecular formula is C50H64O6. The van der Waals surface area contributed by atoms with Crippen molar-refractivity contribution in [1.82, 2.24) is 0 Å². The van der Waals surface area contributed by atoms with Gasteiger partial charge in [0.1, 0.15) is 59.9 Å². The van der Waals surface area contributed by atoms with Crippen LogP contribution in [0.4, 0.5) is 0 Å². The third-order valence-electron chi connectivity index (χ3n) is 12.5. The number of rotatable bonds is 10. The Hall–Kier alpha value is -4.00. The average molecular weight is 761 g/mol. The molecule has 0 spiro atoms. The standard InChI is InChI=1S/2C20H24O3.C10H16/c2*1-12-6-13(2)20(14(3)7-12)23-17-8-15(4)19(16(5)9-17)22-11-18-10-21-18;1-2-9-7-4-5-8(6-7)10(9)3-1/h2*6-9,18H,10-11H2,1-5H3;7-10H,1-6H2. The van der Waals surface area contributed by atoms with Gasteiger partial charge >= 0.3 is 0 Å². The van der Waals surface area contributed by atoms with Crippen LogP contribution < -0.4 is 18.9 Å². The Balaban J connectivity index is 0.000000138. The lowest BCUT2D eigenvalue weighted by molar-refractivity contribution is 0.259. The van der Waals surface area contributed by atoms with E-state index in [9.17, 15) is 0 Å². The van der Waals surface area contributed by atoms with Crippen LogP contribution >= 0.6 is 0 Å². The minimum absolute atomic E-state index is 0.266. The Bertz CT molecular complexity index is 1790. The lowest BCUT2D eigenvalue weighted by atomic mass is 9.82. The summed E-state index contributed by atoms with van der Waals surface area (Å²) in [6.45, 7) is 23.6. The molecule has 6 heteroatoms. The summed E-state index contributed by atoms with van der Waals surface area (Å²) in [6.07, 6.45) is 10.1. The number of benzene rings is 4. The van der Waals surface area contributed by atoms with Crippen LogP contribution in [0.3, 0.4) is 0 Å². The monoisotopic (exact) mass is 760 g/mol. The topological polar surface area (TPSA) is 62.0 Å². The molecule has 5 fully saturated rings. The quantitative estimate of drug-likeness (QED) is 0.150. The van der Waals surface area contributed by atoms with E-state index < -0.39 is 0 Å². The van der Waals surface area contributed by atoms with Crippen molar-refractivity contribution in [2.24, 2.45) is 23.7 Å². The van der Waals surface area contributed by atoms with E-state index >= 15 is 0 Å². The van der Waals surface area contributed by atoms with Gasteiger partial charge < -0.3 is 28.4 Å². The Morgan fingerprint density at radius 2 is 0.768 bits per heavy atom. The normalized spacial score (nSPS) is 23.7. The summed E-state index contributed by atoms with van der Waals surface area (Å²) in [5.41, 5.74) is 11.5. The zero-order chi connectivity index (χ0) is 39.7. The Kier molecular flexibility index (Phi) is 12.4. The lowest BCUT2D eigenvalue weighted by Crippen LogP contribution is -2.15. The van der Waals surface area contributed by atoms with Crippen LogP contribution in [0.15, 0.2) is 48.5 Å². The predicted molar refractivity (Wildman–Crippen MR) is 225 cm³/mol. The molecule has 6 unspecified atom stereocenters. The van der Waals surface area contributed by atoms with Crippen molar-refractivity contribution in [3.05, 3.63) is 104 Å². The molecule has 9 rings (SSSR count). The van der Waals surface area contributed by atoms with E-state index in [0.29, 0.717) is 13.2 Å². The van der Waals surface area contributed by atoms with Crippen molar-refractivity contribution in [3.63, 3.8) is 0 Å². The molecule has 0 N–H and O–H groups in total. The first-order valence-electron chi connectivity index (χ1n) is 21.1. The third-order valence-corrected chi connectivity index (χ3v) is 12.5. The molecule has 300 valence electrons. The van der Waals surface area contributed by atoms with Crippen molar-refractivity contribution in [1.29, 1.82) is 0 Å². The maximum Gasteiger partial charge on any atom is 0.133 e. The van der Waals surface area contributed by atoms with Crippen molar-refractivity contribution in [2.45, 2.75) is 120 Å². The van der Waals surface area contributed by atoms with Gasteiger partial charge in [-0.15, -0.1) is 0 Å². The summed E-state index contributed by atoms with van der Waals surface area (Å²) in [6, 6.07) is 16.7. The van der Waals surface area contributed by atoms with Crippen molar-refractivity contribution in [2.75, 3.05) is 26.4 Å². The SMILES string of the molecule is C1CC2C3CCC(C3)C2C1.Cc1cc(C)c(Oc2cc(C)c(OCC3CO3)c(C)c2)c(C)c1.Cc1cc(C)c(Oc2cc(C)c(OCC3CO3)c(C)c2)c(C)c1. The molecule has 4 aromatic carbocycles. The zero-order valence-electron chi connectivity index (χ0n) is 35.6. The fourth-order valence-corrected chi connectivity index (χ4v) is 9.99. The summed E-state index contributed by atoms with van der Waals surface area (Å²) < 4.78 is 34.5. The Labute approximate surface area is 336 Å². The first-order chi connectivity index (χ1) is 26.8. The first-order valence-corrected chi connectivity index (χ1v) is 21.1. The molecule has 2 heterocycles. The fourth-order valence-electron chi connectivity index (χ4n) is 9.99. The molecule has 0 radical (unpaired) electrons. The molecule has 6 atom stereocenters. The fraction of sp³-hybridized carbons (Fsp3) is 0.520. The number of hydrogen-bond donors (Lipinski definition) is 0. The minimum Gasteiger partial charge on any atom is -0.490 e. The second kappa shape index (κ2) is 17.2. The smallest absolute Gasteiger partial charge is 0.133 e. The summed E-state index contributed by atoms with van der Waals surface area (Å²) in [5, 5.41) is 0. The van der Waals surface area contributed by atoms with Gasteiger partial charge in [-0.05, 0) is 194 Å². The molecule has 2 saturated heterocycles. The van der Waals surface area contributed by atoms with Crippen LogP contribution in [-0.2, 0) is 9.47 Å². The van der Waals surface area contributed by atoms with E-state index in [4.69, 9.17) is 28.4 Å². The second-order valence-corrected chi connectivity index (χ2v) is 17.6. The highest BCUT2D eigenvalue weighted by atomic mass is 16.6. The van der Waals surface area contributed by atoms with Gasteiger partial charge in [-0.25, -0.2) is 0 Å². The van der Waals surface area contributed by atoms with Crippen LogP contribution in [0.2, 0.25) is 0 Å². The van der Waals surface area contributed by atoms with Crippen molar-refractivity contribution >= 4 is 0 Å². The molecule has 3 saturated carbocycles. The van der Waals surface area contributed by atoms with Crippen LogP contribution in [0, 0.1) is 92.9 Å². The Morgan fingerprint density at radius 1 is 0.446 bits per heavy atom. The molecular weight excluding hydrogens is 697 g/mol. The molecule has 56 heavy (non-hydrogen) atoms. The van der Waals surface area contributed by atoms with Crippen LogP contribution in [-0.4, -0.2) is 38.6 Å². The van der Waals surface area contributed by atoms with Gasteiger partial charge in [-0.2, -0.15) is 0 Å². The summed E-state index contributed by atoms with van der Waals surface area (Å²) in [7, 11) is 0. The van der Waals surface area contributed by atoms with Gasteiger partial charge in [-0.3, -0.25) is 0 Å². The minimum atomic E-state index is 0.266. The lowest BCUT2D eigenvalue weighted by Gasteiger charge is -2.23. The van der Waals surface area contributed by atoms with Gasteiger partial charge in [0.15, 0.2) is 0 Å². The molecule has 2 aliphatic heterocycles. The Morgan fingerprint density at radius 3 is 1.09 bits per heavy atom. The van der Waals surface area contributed by atoms with Gasteiger partial charge in [0.2, 0.25) is 0 Å². The van der Waals surface area contributed by atoms with E-state index in [1.54, 1.807) is 38.5 Å². The molecule has 5 aliphatic rings. The molecule has 0 aromatic heterocycles. The molecule has 0 amide bonds. The van der Waals surface area contributed by atoms with Crippen LogP contribution in [0.25, 0.3) is 0 Å². The van der Waals surface area contributed by atoms with E-state index in [2.05, 4.69) is 93.5 Å². The van der Waals surface area contributed by atoms with Gasteiger partial charge in [0, 0.05) is 0 Å². The number of epoxide rings is 2. The van der Waals surface area contributed by atoms with Crippen molar-refractivity contribution < 1.29 is 28.4 Å². The van der Waals surface area contributed by atoms with Crippen molar-refractivity contribution in [3.8, 4) is 34.5 Å². The summed E-state index contributed by atoms with van der Waals surface area (Å²) in [4.78, 5) is 0. The second-order valence-electron chi connectivity index (χ2n) is 17.6. The summed E-state index contributed by atoms with van der Waals surface area (Å²) in [5.74, 6) is 10.3. The number of fused-ring (bicyclic) bond motifs is 5. The van der Waals surface area contributed by atoms with Gasteiger partial charge in [0.25, 0.3) is 0 Å². The van der Waals surface area contributed by atoms with E-state index in [0.717, 1.165) is 92.2 Å². The largest absolute Gasteiger partial charge is 0.490 e. The molecule has 2 bridgehead atoms. The number of ether oxygens (including phenoxy) is 6. The molecule has 4 aromatic rings. The van der Waals surface area contributed by atoms with Gasteiger partial charge in [-0.1, -0.05) is 41.8 Å². The van der Waals surface area contributed by atoms with E-state index in [1.807, 2.05) is 24.3 Å². The predicted octanol–water partition coefficient (Wildman–Crippen LogP) is 12.4. The molecule has 6 nitrogen and oxygen atoms in total. The van der Waals surface area contributed by atoms with E-state index in [-0.39, 0.29) is 12.2 Å². The highest BCUT2D eigenvalue weighted by molar-refractivity contribution is 5.51. The highest BCUT2D eigenvalue weighted by Gasteiger charge is 2.48. The first kappa shape index (κ1) is 40.2. The van der Waals surface area contributed by atoms with Crippen LogP contribution in [0.5, 0.6) is 34.5 Å². The maximum atomic E-state index is 6.17. The van der Waals surface area contributed by atoms with Gasteiger partial charge in [0.05, 0.1) is 13.2 Å². The highest BCUT2D eigenvalue weighted by Crippen LogP contribution is 2.58.